The maximum atomic E-state index is 13.3. The SMILES string of the molecule is Cc1nc(/N=C/N(C)C)nc(Cl)c1C(F)(F)C(F)(F)F. The molecule has 0 bridgehead atoms. The average Bonchev–Trinajstić information content (AvgIpc) is 2.23. The van der Waals surface area contributed by atoms with Crippen LogP contribution in [-0.4, -0.2) is 41.5 Å². The molecule has 0 aromatic carbocycles. The van der Waals surface area contributed by atoms with Crippen molar-refractivity contribution in [2.24, 2.45) is 4.99 Å². The molecule has 0 N–H and O–H groups in total. The van der Waals surface area contributed by atoms with E-state index in [9.17, 15) is 22.0 Å². The van der Waals surface area contributed by atoms with Gasteiger partial charge in [0.2, 0.25) is 0 Å². The minimum absolute atomic E-state index is 0.303. The van der Waals surface area contributed by atoms with Crippen LogP contribution in [0.5, 0.6) is 0 Å². The Bertz CT molecular complexity index is 504. The third-order valence-electron chi connectivity index (χ3n) is 2.11. The van der Waals surface area contributed by atoms with Crippen molar-refractivity contribution in [3.63, 3.8) is 0 Å². The Labute approximate surface area is 116 Å². The van der Waals surface area contributed by atoms with Gasteiger partial charge in [-0.3, -0.25) is 0 Å². The van der Waals surface area contributed by atoms with Gasteiger partial charge < -0.3 is 4.90 Å². The van der Waals surface area contributed by atoms with Gasteiger partial charge in [0.25, 0.3) is 5.95 Å². The molecule has 0 spiro atoms. The molecule has 0 aliphatic heterocycles. The summed E-state index contributed by atoms with van der Waals surface area (Å²) in [6.07, 6.45) is -4.52. The van der Waals surface area contributed by atoms with Crippen molar-refractivity contribution >= 4 is 23.9 Å². The van der Waals surface area contributed by atoms with Crippen LogP contribution in [0.2, 0.25) is 5.15 Å². The number of aromatic nitrogens is 2. The Morgan fingerprint density at radius 3 is 2.10 bits per heavy atom. The molecular formula is C10H10ClF5N4. The van der Waals surface area contributed by atoms with Crippen LogP contribution in [0, 0.1) is 6.92 Å². The third-order valence-corrected chi connectivity index (χ3v) is 2.38. The number of rotatable bonds is 3. The minimum atomic E-state index is -5.78. The lowest BCUT2D eigenvalue weighted by atomic mass is 10.1. The Morgan fingerprint density at radius 2 is 1.70 bits per heavy atom. The van der Waals surface area contributed by atoms with E-state index in [4.69, 9.17) is 11.6 Å². The number of alkyl halides is 5. The lowest BCUT2D eigenvalue weighted by molar-refractivity contribution is -0.289. The van der Waals surface area contributed by atoms with Gasteiger partial charge in [0, 0.05) is 14.1 Å². The van der Waals surface area contributed by atoms with Crippen LogP contribution in [0.25, 0.3) is 0 Å². The molecule has 1 aromatic heterocycles. The van der Waals surface area contributed by atoms with Crippen molar-refractivity contribution in [1.29, 1.82) is 0 Å². The summed E-state index contributed by atoms with van der Waals surface area (Å²) in [5, 5.41) is -0.981. The van der Waals surface area contributed by atoms with Gasteiger partial charge in [0.05, 0.1) is 17.6 Å². The molecule has 1 aromatic rings. The lowest BCUT2D eigenvalue weighted by Gasteiger charge is -2.21. The van der Waals surface area contributed by atoms with Crippen LogP contribution in [0.15, 0.2) is 4.99 Å². The van der Waals surface area contributed by atoms with Gasteiger partial charge in [0.1, 0.15) is 5.15 Å². The van der Waals surface area contributed by atoms with E-state index < -0.39 is 28.5 Å². The van der Waals surface area contributed by atoms with Crippen molar-refractivity contribution < 1.29 is 22.0 Å². The van der Waals surface area contributed by atoms with Gasteiger partial charge >= 0.3 is 12.1 Å². The van der Waals surface area contributed by atoms with Gasteiger partial charge in [-0.1, -0.05) is 11.6 Å². The predicted molar refractivity (Wildman–Crippen MR) is 63.6 cm³/mol. The fourth-order valence-electron chi connectivity index (χ4n) is 1.25. The first-order chi connectivity index (χ1) is 8.96. The van der Waals surface area contributed by atoms with E-state index in [1.165, 1.54) is 11.2 Å². The van der Waals surface area contributed by atoms with Crippen molar-refractivity contribution in [1.82, 2.24) is 14.9 Å². The monoisotopic (exact) mass is 316 g/mol. The van der Waals surface area contributed by atoms with Gasteiger partial charge in [0.15, 0.2) is 0 Å². The number of nitrogens with zero attached hydrogens (tertiary/aromatic N) is 4. The van der Waals surface area contributed by atoms with Gasteiger partial charge in [-0.15, -0.1) is 0 Å². The molecule has 10 heteroatoms. The molecule has 112 valence electrons. The highest BCUT2D eigenvalue weighted by Crippen LogP contribution is 2.46. The van der Waals surface area contributed by atoms with E-state index in [2.05, 4.69) is 15.0 Å². The second-order valence-electron chi connectivity index (χ2n) is 4.06. The maximum absolute atomic E-state index is 13.3. The molecule has 0 unspecified atom stereocenters. The summed E-state index contributed by atoms with van der Waals surface area (Å²) in [5.74, 6) is -5.43. The number of aliphatic imine (C=N–C) groups is 1. The van der Waals surface area contributed by atoms with Crippen LogP contribution in [0.3, 0.4) is 0 Å². The molecule has 0 amide bonds. The number of aryl methyl sites for hydroxylation is 1. The third kappa shape index (κ3) is 3.33. The fourth-order valence-corrected chi connectivity index (χ4v) is 1.58. The highest BCUT2D eigenvalue weighted by molar-refractivity contribution is 6.30. The second-order valence-corrected chi connectivity index (χ2v) is 4.41. The zero-order valence-electron chi connectivity index (χ0n) is 10.6. The first-order valence-corrected chi connectivity index (χ1v) is 5.54. The zero-order chi connectivity index (χ0) is 15.7. The molecule has 1 heterocycles. The smallest absolute Gasteiger partial charge is 0.369 e. The molecule has 0 aliphatic carbocycles. The summed E-state index contributed by atoms with van der Waals surface area (Å²) in [5.41, 5.74) is -2.05. The van der Waals surface area contributed by atoms with Crippen LogP contribution in [0.4, 0.5) is 27.9 Å². The number of halogens is 6. The average molecular weight is 317 g/mol. The molecule has 0 atom stereocenters. The highest BCUT2D eigenvalue weighted by Gasteiger charge is 2.61. The summed E-state index contributed by atoms with van der Waals surface area (Å²) in [4.78, 5) is 12.0. The summed E-state index contributed by atoms with van der Waals surface area (Å²) in [6, 6.07) is 0. The van der Waals surface area contributed by atoms with Crippen LogP contribution in [0.1, 0.15) is 11.3 Å². The van der Waals surface area contributed by atoms with Crippen LogP contribution >= 0.6 is 11.6 Å². The first kappa shape index (κ1) is 16.5. The molecule has 0 saturated heterocycles. The van der Waals surface area contributed by atoms with Crippen molar-refractivity contribution in [2.75, 3.05) is 14.1 Å². The summed E-state index contributed by atoms with van der Waals surface area (Å²) >= 11 is 5.42. The lowest BCUT2D eigenvalue weighted by Crippen LogP contribution is -2.35. The standard InChI is InChI=1S/C10H10ClF5N4/c1-5-6(9(12,13)10(14,15)16)7(11)19-8(18-5)17-4-20(2)3/h4H,1-3H3/b17-4+. The van der Waals surface area contributed by atoms with E-state index in [-0.39, 0.29) is 5.95 Å². The van der Waals surface area contributed by atoms with Gasteiger partial charge in [-0.25, -0.2) is 9.98 Å². The fraction of sp³-hybridized carbons (Fsp3) is 0.500. The first-order valence-electron chi connectivity index (χ1n) is 5.16. The maximum Gasteiger partial charge on any atom is 0.458 e. The minimum Gasteiger partial charge on any atom is -0.369 e. The molecule has 1 rings (SSSR count). The summed E-state index contributed by atoms with van der Waals surface area (Å²) < 4.78 is 63.6. The number of hydrogen-bond donors (Lipinski definition) is 0. The molecule has 0 aliphatic rings. The molecule has 0 fully saturated rings. The summed E-state index contributed by atoms with van der Waals surface area (Å²) in [6.45, 7) is 0.983. The van der Waals surface area contributed by atoms with E-state index in [1.807, 2.05) is 0 Å². The van der Waals surface area contributed by atoms with E-state index in [0.29, 0.717) is 0 Å². The molecule has 0 saturated carbocycles. The molecular weight excluding hydrogens is 307 g/mol. The second kappa shape index (κ2) is 5.47. The van der Waals surface area contributed by atoms with Crippen molar-refractivity contribution in [3.8, 4) is 0 Å². The Kier molecular flexibility index (Phi) is 4.52. The normalized spacial score (nSPS) is 13.1. The van der Waals surface area contributed by atoms with Crippen molar-refractivity contribution in [3.05, 3.63) is 16.4 Å². The Morgan fingerprint density at radius 1 is 1.15 bits per heavy atom. The van der Waals surface area contributed by atoms with E-state index in [0.717, 1.165) is 6.92 Å². The molecule has 0 radical (unpaired) electrons. The quantitative estimate of drug-likeness (QED) is 0.372. The van der Waals surface area contributed by atoms with E-state index >= 15 is 0 Å². The van der Waals surface area contributed by atoms with Crippen LogP contribution < -0.4 is 0 Å². The summed E-state index contributed by atoms with van der Waals surface area (Å²) in [7, 11) is 3.26. The predicted octanol–water partition coefficient (Wildman–Crippen LogP) is 3.31. The molecule has 20 heavy (non-hydrogen) atoms. The number of hydrogen-bond acceptors (Lipinski definition) is 3. The van der Waals surface area contributed by atoms with E-state index in [1.54, 1.807) is 14.1 Å². The zero-order valence-corrected chi connectivity index (χ0v) is 11.4. The largest absolute Gasteiger partial charge is 0.458 e. The Hall–Kier alpha value is -1.51. The highest BCUT2D eigenvalue weighted by atomic mass is 35.5. The van der Waals surface area contributed by atoms with Gasteiger partial charge in [-0.05, 0) is 6.92 Å². The van der Waals surface area contributed by atoms with Crippen molar-refractivity contribution in [2.45, 2.75) is 19.0 Å². The van der Waals surface area contributed by atoms with Crippen LogP contribution in [-0.2, 0) is 5.92 Å². The topological polar surface area (TPSA) is 41.4 Å². The van der Waals surface area contributed by atoms with Gasteiger partial charge in [-0.2, -0.15) is 26.9 Å². The molecule has 4 nitrogen and oxygen atoms in total. The Balaban J connectivity index is 3.33.